The van der Waals surface area contributed by atoms with Gasteiger partial charge in [-0.15, -0.1) is 0 Å². The molecule has 1 aliphatic rings. The first-order valence-electron chi connectivity index (χ1n) is 10.2. The van der Waals surface area contributed by atoms with Gasteiger partial charge in [-0.05, 0) is 37.6 Å². The van der Waals surface area contributed by atoms with E-state index in [1.807, 2.05) is 48.9 Å². The number of carbonyl (C=O) groups excluding carboxylic acids is 1. The summed E-state index contributed by atoms with van der Waals surface area (Å²) in [6.45, 7) is 8.68. The van der Waals surface area contributed by atoms with Gasteiger partial charge in [-0.2, -0.15) is 5.10 Å². The molecule has 0 bridgehead atoms. The predicted molar refractivity (Wildman–Crippen MR) is 115 cm³/mol. The van der Waals surface area contributed by atoms with Crippen LogP contribution in [-0.2, 0) is 11.3 Å². The van der Waals surface area contributed by atoms with Gasteiger partial charge in [0.2, 0.25) is 0 Å². The van der Waals surface area contributed by atoms with Crippen LogP contribution in [0.2, 0.25) is 0 Å². The van der Waals surface area contributed by atoms with E-state index in [0.717, 1.165) is 55.0 Å². The van der Waals surface area contributed by atoms with Crippen LogP contribution in [0.5, 0.6) is 5.75 Å². The number of rotatable bonds is 6. The monoisotopic (exact) mass is 409 g/mol. The van der Waals surface area contributed by atoms with Gasteiger partial charge in [0.05, 0.1) is 26.9 Å². The Morgan fingerprint density at radius 1 is 1.20 bits per heavy atom. The molecule has 3 heterocycles. The van der Waals surface area contributed by atoms with Crippen LogP contribution in [0, 0.1) is 13.8 Å². The minimum Gasteiger partial charge on any atom is -0.494 e. The number of morpholine rings is 1. The second-order valence-corrected chi connectivity index (χ2v) is 7.51. The van der Waals surface area contributed by atoms with Crippen molar-refractivity contribution in [2.24, 2.45) is 0 Å². The Balaban J connectivity index is 1.64. The summed E-state index contributed by atoms with van der Waals surface area (Å²) in [5.74, 6) is 0.942. The predicted octanol–water partition coefficient (Wildman–Crippen LogP) is 2.64. The van der Waals surface area contributed by atoms with Gasteiger partial charge >= 0.3 is 0 Å². The summed E-state index contributed by atoms with van der Waals surface area (Å²) in [5.41, 5.74) is 3.09. The van der Waals surface area contributed by atoms with Gasteiger partial charge in [-0.1, -0.05) is 12.1 Å². The van der Waals surface area contributed by atoms with Crippen molar-refractivity contribution in [3.63, 3.8) is 0 Å². The van der Waals surface area contributed by atoms with E-state index in [4.69, 9.17) is 9.47 Å². The molecular formula is C22H27N5O3. The molecule has 1 fully saturated rings. The number of benzene rings is 1. The first kappa shape index (κ1) is 20.3. The first-order chi connectivity index (χ1) is 14.5. The highest BCUT2D eigenvalue weighted by Gasteiger charge is 2.21. The number of anilines is 1. The minimum absolute atomic E-state index is 0.282. The molecule has 1 saturated heterocycles. The number of nitrogens with one attached hydrogen (secondary N) is 1. The zero-order chi connectivity index (χ0) is 21.1. The van der Waals surface area contributed by atoms with Crippen LogP contribution in [0.15, 0.2) is 30.3 Å². The second kappa shape index (κ2) is 8.81. The molecule has 1 aliphatic heterocycles. The first-order valence-corrected chi connectivity index (χ1v) is 10.2. The Morgan fingerprint density at radius 3 is 2.73 bits per heavy atom. The van der Waals surface area contributed by atoms with Crippen LogP contribution < -0.4 is 10.1 Å². The van der Waals surface area contributed by atoms with E-state index in [1.54, 1.807) is 7.11 Å². The number of ether oxygens (including phenoxy) is 2. The van der Waals surface area contributed by atoms with E-state index in [-0.39, 0.29) is 5.91 Å². The van der Waals surface area contributed by atoms with Gasteiger partial charge in [0.25, 0.3) is 5.91 Å². The lowest BCUT2D eigenvalue weighted by atomic mass is 10.2. The summed E-state index contributed by atoms with van der Waals surface area (Å²) >= 11 is 0. The molecule has 0 spiro atoms. The topological polar surface area (TPSA) is 81.5 Å². The highest BCUT2D eigenvalue weighted by molar-refractivity contribution is 6.11. The molecule has 0 unspecified atom stereocenters. The van der Waals surface area contributed by atoms with Gasteiger partial charge in [0, 0.05) is 30.7 Å². The van der Waals surface area contributed by atoms with E-state index in [2.05, 4.69) is 20.3 Å². The zero-order valence-corrected chi connectivity index (χ0v) is 17.6. The number of pyridine rings is 1. The molecule has 0 aliphatic carbocycles. The standard InChI is InChI=1S/C22H27N5O3/c1-15-13-16(2)23-19(14-15)24-22(28)20-17-5-4-6-18(29-3)21(17)27(25-20)8-7-26-9-11-30-12-10-26/h4-6,13-14H,7-12H2,1-3H3,(H,23,24,28). The molecule has 1 N–H and O–H groups in total. The number of fused-ring (bicyclic) bond motifs is 1. The van der Waals surface area contributed by atoms with Gasteiger partial charge in [0.15, 0.2) is 5.69 Å². The largest absolute Gasteiger partial charge is 0.494 e. The Labute approximate surface area is 175 Å². The van der Waals surface area contributed by atoms with Crippen LogP contribution in [0.4, 0.5) is 5.82 Å². The van der Waals surface area contributed by atoms with Crippen molar-refractivity contribution in [3.05, 3.63) is 47.3 Å². The highest BCUT2D eigenvalue weighted by Crippen LogP contribution is 2.28. The van der Waals surface area contributed by atoms with Crippen molar-refractivity contribution in [3.8, 4) is 5.75 Å². The Morgan fingerprint density at radius 2 is 2.00 bits per heavy atom. The van der Waals surface area contributed by atoms with Crippen molar-refractivity contribution >= 4 is 22.6 Å². The zero-order valence-electron chi connectivity index (χ0n) is 17.6. The number of methoxy groups -OCH3 is 1. The average molecular weight is 409 g/mol. The van der Waals surface area contributed by atoms with E-state index in [1.165, 1.54) is 0 Å². The third-order valence-corrected chi connectivity index (χ3v) is 5.24. The van der Waals surface area contributed by atoms with Crippen LogP contribution in [0.3, 0.4) is 0 Å². The van der Waals surface area contributed by atoms with Crippen LogP contribution in [0.25, 0.3) is 10.9 Å². The molecule has 158 valence electrons. The minimum atomic E-state index is -0.282. The van der Waals surface area contributed by atoms with Crippen molar-refractivity contribution in [1.82, 2.24) is 19.7 Å². The average Bonchev–Trinajstić information content (AvgIpc) is 3.11. The van der Waals surface area contributed by atoms with Crippen molar-refractivity contribution in [1.29, 1.82) is 0 Å². The fourth-order valence-corrected chi connectivity index (χ4v) is 3.84. The molecule has 8 nitrogen and oxygen atoms in total. The Kier molecular flexibility index (Phi) is 5.96. The van der Waals surface area contributed by atoms with Crippen molar-refractivity contribution in [2.45, 2.75) is 20.4 Å². The number of para-hydroxylation sites is 1. The van der Waals surface area contributed by atoms with Crippen molar-refractivity contribution < 1.29 is 14.3 Å². The summed E-state index contributed by atoms with van der Waals surface area (Å²) in [6.07, 6.45) is 0. The lowest BCUT2D eigenvalue weighted by Crippen LogP contribution is -2.38. The van der Waals surface area contributed by atoms with E-state index >= 15 is 0 Å². The second-order valence-electron chi connectivity index (χ2n) is 7.51. The molecule has 30 heavy (non-hydrogen) atoms. The summed E-state index contributed by atoms with van der Waals surface area (Å²) in [7, 11) is 1.63. The third-order valence-electron chi connectivity index (χ3n) is 5.24. The van der Waals surface area contributed by atoms with Crippen LogP contribution in [0.1, 0.15) is 21.7 Å². The van der Waals surface area contributed by atoms with E-state index in [9.17, 15) is 4.79 Å². The maximum absolute atomic E-state index is 13.1. The maximum Gasteiger partial charge on any atom is 0.277 e. The Hall–Kier alpha value is -2.97. The van der Waals surface area contributed by atoms with Gasteiger partial charge in [0.1, 0.15) is 17.1 Å². The van der Waals surface area contributed by atoms with Crippen LogP contribution in [-0.4, -0.2) is 65.5 Å². The number of hydrogen-bond acceptors (Lipinski definition) is 6. The normalized spacial score (nSPS) is 14.8. The molecule has 0 saturated carbocycles. The molecule has 4 rings (SSSR count). The van der Waals surface area contributed by atoms with Gasteiger partial charge in [-0.25, -0.2) is 4.98 Å². The number of aromatic nitrogens is 3. The van der Waals surface area contributed by atoms with Gasteiger partial charge in [-0.3, -0.25) is 14.4 Å². The molecule has 0 radical (unpaired) electrons. The molecule has 8 heteroatoms. The smallest absolute Gasteiger partial charge is 0.277 e. The Bertz CT molecular complexity index is 1040. The fourth-order valence-electron chi connectivity index (χ4n) is 3.84. The molecule has 0 atom stereocenters. The fraction of sp³-hybridized carbons (Fsp3) is 0.409. The molecular weight excluding hydrogens is 382 g/mol. The summed E-state index contributed by atoms with van der Waals surface area (Å²) in [5, 5.41) is 8.32. The highest BCUT2D eigenvalue weighted by atomic mass is 16.5. The number of nitrogens with zero attached hydrogens (tertiary/aromatic N) is 4. The SMILES string of the molecule is COc1cccc2c(C(=O)Nc3cc(C)cc(C)n3)nn(CCN3CCOCC3)c12. The number of carbonyl (C=O) groups is 1. The lowest BCUT2D eigenvalue weighted by molar-refractivity contribution is 0.0361. The quantitative estimate of drug-likeness (QED) is 0.674. The third kappa shape index (κ3) is 4.29. The van der Waals surface area contributed by atoms with Crippen LogP contribution >= 0.6 is 0 Å². The van der Waals surface area contributed by atoms with Crippen molar-refractivity contribution in [2.75, 3.05) is 45.3 Å². The summed E-state index contributed by atoms with van der Waals surface area (Å²) in [6, 6.07) is 9.49. The van der Waals surface area contributed by atoms with E-state index in [0.29, 0.717) is 23.8 Å². The molecule has 3 aromatic rings. The molecule has 1 aromatic carbocycles. The number of amides is 1. The van der Waals surface area contributed by atoms with Gasteiger partial charge < -0.3 is 14.8 Å². The van der Waals surface area contributed by atoms with E-state index < -0.39 is 0 Å². The molecule has 2 aromatic heterocycles. The number of hydrogen-bond donors (Lipinski definition) is 1. The number of aryl methyl sites for hydroxylation is 2. The summed E-state index contributed by atoms with van der Waals surface area (Å²) < 4.78 is 12.9. The molecule has 1 amide bonds. The lowest BCUT2D eigenvalue weighted by Gasteiger charge is -2.26. The summed E-state index contributed by atoms with van der Waals surface area (Å²) in [4.78, 5) is 19.8. The maximum atomic E-state index is 13.1.